The molecule has 0 radical (unpaired) electrons. The van der Waals surface area contributed by atoms with Crippen LogP contribution in [0.3, 0.4) is 0 Å². The van der Waals surface area contributed by atoms with Crippen molar-refractivity contribution in [1.82, 2.24) is 20.1 Å². The van der Waals surface area contributed by atoms with Gasteiger partial charge in [-0.15, -0.1) is 0 Å². The molecule has 8 nitrogen and oxygen atoms in total. The van der Waals surface area contributed by atoms with Gasteiger partial charge in [-0.05, 0) is 18.6 Å². The Hall–Kier alpha value is -3.26. The van der Waals surface area contributed by atoms with Crippen LogP contribution in [0, 0.1) is 11.6 Å². The molecule has 3 heterocycles. The Morgan fingerprint density at radius 3 is 2.65 bits per heavy atom. The van der Waals surface area contributed by atoms with Crippen LogP contribution in [0.15, 0.2) is 24.4 Å². The minimum Gasteiger partial charge on any atom is -0.389 e. The monoisotopic (exact) mass is 501 g/mol. The topological polar surface area (TPSA) is 101 Å². The Kier molecular flexibility index (Phi) is 6.45. The molecule has 1 unspecified atom stereocenters. The molecular weight excluding hydrogens is 481 g/mol. The van der Waals surface area contributed by atoms with Gasteiger partial charge in [-0.3, -0.25) is 9.48 Å². The molecule has 1 aromatic carbocycles. The van der Waals surface area contributed by atoms with Gasteiger partial charge < -0.3 is 21.3 Å². The van der Waals surface area contributed by atoms with Crippen molar-refractivity contribution >= 4 is 33.8 Å². The summed E-state index contributed by atoms with van der Waals surface area (Å²) in [6.07, 6.45) is -3.19. The van der Waals surface area contributed by atoms with E-state index in [4.69, 9.17) is 5.73 Å². The van der Waals surface area contributed by atoms with Crippen molar-refractivity contribution in [1.29, 1.82) is 0 Å². The molecule has 0 bridgehead atoms. The van der Waals surface area contributed by atoms with Crippen molar-refractivity contribution < 1.29 is 26.7 Å². The Bertz CT molecular complexity index is 1190. The van der Waals surface area contributed by atoms with Crippen LogP contribution in [0.5, 0.6) is 0 Å². The summed E-state index contributed by atoms with van der Waals surface area (Å²) in [5.74, 6) is -2.02. The number of hydrogen-bond acceptors (Lipinski definition) is 7. The number of nitrogens with two attached hydrogens (primary N) is 1. The van der Waals surface area contributed by atoms with Gasteiger partial charge in [0.25, 0.3) is 5.91 Å². The maximum atomic E-state index is 14.1. The van der Waals surface area contributed by atoms with E-state index in [0.717, 1.165) is 23.5 Å². The molecule has 0 aliphatic carbocycles. The predicted octanol–water partition coefficient (Wildman–Crippen LogP) is 3.39. The molecule has 1 fully saturated rings. The van der Waals surface area contributed by atoms with Crippen LogP contribution >= 0.6 is 11.3 Å². The van der Waals surface area contributed by atoms with E-state index >= 15 is 0 Å². The Labute approximate surface area is 194 Å². The lowest BCUT2D eigenvalue weighted by atomic mass is 10.2. The third-order valence-corrected chi connectivity index (χ3v) is 6.26. The number of halogens is 5. The van der Waals surface area contributed by atoms with Crippen molar-refractivity contribution in [3.8, 4) is 10.6 Å². The smallest absolute Gasteiger partial charge is 0.389 e. The van der Waals surface area contributed by atoms with Gasteiger partial charge in [0, 0.05) is 26.7 Å². The van der Waals surface area contributed by atoms with Gasteiger partial charge in [-0.25, -0.2) is 13.8 Å². The van der Waals surface area contributed by atoms with Gasteiger partial charge in [0.2, 0.25) is 0 Å². The zero-order valence-electron chi connectivity index (χ0n) is 17.8. The third kappa shape index (κ3) is 4.68. The third-order valence-electron chi connectivity index (χ3n) is 5.36. The fourth-order valence-electron chi connectivity index (χ4n) is 3.74. The Morgan fingerprint density at radius 2 is 1.97 bits per heavy atom. The summed E-state index contributed by atoms with van der Waals surface area (Å²) in [7, 11) is 1.60. The van der Waals surface area contributed by atoms with Gasteiger partial charge in [-0.2, -0.15) is 18.3 Å². The standard InChI is InChI=1S/C20H20F5N7OS/c1-31-19(32-7-5-13(20(23,24)25)27-6-8-32)12(9-28-31)29-17(33)15-16(26)34-18(30-15)14-10(21)3-2-4-11(14)22/h2-4,9,13,27H,5-8,26H2,1H3,(H,29,33). The fourth-order valence-corrected chi connectivity index (χ4v) is 4.62. The highest BCUT2D eigenvalue weighted by atomic mass is 32.1. The first kappa shape index (κ1) is 23.9. The Balaban J connectivity index is 1.56. The summed E-state index contributed by atoms with van der Waals surface area (Å²) in [6, 6.07) is 1.71. The number of aryl methyl sites for hydroxylation is 1. The summed E-state index contributed by atoms with van der Waals surface area (Å²) in [5.41, 5.74) is 5.52. The maximum absolute atomic E-state index is 14.1. The molecule has 182 valence electrons. The first-order valence-electron chi connectivity index (χ1n) is 10.2. The van der Waals surface area contributed by atoms with E-state index in [1.165, 1.54) is 16.9 Å². The molecule has 1 saturated heterocycles. The van der Waals surface area contributed by atoms with Gasteiger partial charge in [-0.1, -0.05) is 17.4 Å². The van der Waals surface area contributed by atoms with Gasteiger partial charge >= 0.3 is 6.18 Å². The number of hydrogen-bond donors (Lipinski definition) is 3. The number of benzene rings is 1. The van der Waals surface area contributed by atoms with Crippen molar-refractivity contribution in [2.75, 3.05) is 35.6 Å². The van der Waals surface area contributed by atoms with Crippen molar-refractivity contribution in [3.05, 3.63) is 41.7 Å². The number of aromatic nitrogens is 3. The average molecular weight is 501 g/mol. The number of rotatable bonds is 4. The molecule has 0 spiro atoms. The van der Waals surface area contributed by atoms with E-state index < -0.39 is 35.3 Å². The molecule has 0 saturated carbocycles. The second-order valence-corrected chi connectivity index (χ2v) is 8.64. The number of nitrogens with zero attached hydrogens (tertiary/aromatic N) is 4. The molecule has 4 rings (SSSR count). The van der Waals surface area contributed by atoms with Crippen LogP contribution in [0.1, 0.15) is 16.9 Å². The quantitative estimate of drug-likeness (QED) is 0.474. The van der Waals surface area contributed by atoms with Gasteiger partial charge in [0.15, 0.2) is 11.5 Å². The summed E-state index contributed by atoms with van der Waals surface area (Å²) in [4.78, 5) is 18.6. The SMILES string of the molecule is Cn1ncc(NC(=O)c2nc(-c3c(F)cccc3F)sc2N)c1N1CCNC(C(F)(F)F)CC1. The molecule has 4 N–H and O–H groups in total. The first-order chi connectivity index (χ1) is 16.1. The summed E-state index contributed by atoms with van der Waals surface area (Å²) < 4.78 is 69.0. The lowest BCUT2D eigenvalue weighted by molar-refractivity contribution is -0.155. The minimum absolute atomic E-state index is 0.0485. The second kappa shape index (κ2) is 9.18. The molecule has 3 aromatic rings. The fraction of sp³-hybridized carbons (Fsp3) is 0.350. The number of alkyl halides is 3. The predicted molar refractivity (Wildman–Crippen MR) is 118 cm³/mol. The minimum atomic E-state index is -4.36. The van der Waals surface area contributed by atoms with E-state index in [9.17, 15) is 26.7 Å². The van der Waals surface area contributed by atoms with Crippen molar-refractivity contribution in [3.63, 3.8) is 0 Å². The highest BCUT2D eigenvalue weighted by Gasteiger charge is 2.40. The summed E-state index contributed by atoms with van der Waals surface area (Å²) in [5, 5.41) is 9.06. The number of carbonyl (C=O) groups is 1. The van der Waals surface area contributed by atoms with E-state index in [-0.39, 0.29) is 47.4 Å². The molecule has 1 amide bonds. The van der Waals surface area contributed by atoms with E-state index in [1.807, 2.05) is 0 Å². The van der Waals surface area contributed by atoms with Crippen LogP contribution in [-0.4, -0.2) is 52.5 Å². The van der Waals surface area contributed by atoms with Crippen LogP contribution in [0.2, 0.25) is 0 Å². The molecule has 1 aliphatic rings. The zero-order chi connectivity index (χ0) is 24.6. The Morgan fingerprint density at radius 1 is 1.26 bits per heavy atom. The summed E-state index contributed by atoms with van der Waals surface area (Å²) >= 11 is 0.757. The van der Waals surface area contributed by atoms with Gasteiger partial charge in [0.1, 0.15) is 33.4 Å². The largest absolute Gasteiger partial charge is 0.403 e. The van der Waals surface area contributed by atoms with Crippen LogP contribution in [-0.2, 0) is 7.05 Å². The first-order valence-corrected chi connectivity index (χ1v) is 11.0. The summed E-state index contributed by atoms with van der Waals surface area (Å²) in [6.45, 7) is 0.416. The van der Waals surface area contributed by atoms with E-state index in [0.29, 0.717) is 5.82 Å². The molecular formula is C20H20F5N7OS. The molecule has 1 aliphatic heterocycles. The maximum Gasteiger partial charge on any atom is 0.403 e. The van der Waals surface area contributed by atoms with Gasteiger partial charge in [0.05, 0.1) is 11.8 Å². The number of amides is 1. The van der Waals surface area contributed by atoms with E-state index in [2.05, 4.69) is 20.7 Å². The van der Waals surface area contributed by atoms with Crippen LogP contribution < -0.4 is 21.3 Å². The second-order valence-electron chi connectivity index (χ2n) is 7.61. The van der Waals surface area contributed by atoms with Crippen LogP contribution in [0.4, 0.5) is 38.5 Å². The zero-order valence-corrected chi connectivity index (χ0v) is 18.6. The number of nitrogens with one attached hydrogen (secondary N) is 2. The lowest BCUT2D eigenvalue weighted by Crippen LogP contribution is -2.42. The number of anilines is 3. The lowest BCUT2D eigenvalue weighted by Gasteiger charge is -2.24. The molecule has 1 atom stereocenters. The average Bonchev–Trinajstić information content (AvgIpc) is 3.19. The van der Waals surface area contributed by atoms with Crippen molar-refractivity contribution in [2.45, 2.75) is 18.6 Å². The molecule has 14 heteroatoms. The molecule has 34 heavy (non-hydrogen) atoms. The normalized spacial score (nSPS) is 17.0. The number of thiazole rings is 1. The molecule has 2 aromatic heterocycles. The van der Waals surface area contributed by atoms with E-state index in [1.54, 1.807) is 11.9 Å². The highest BCUT2D eigenvalue weighted by molar-refractivity contribution is 7.19. The highest BCUT2D eigenvalue weighted by Crippen LogP contribution is 2.34. The van der Waals surface area contributed by atoms with Crippen LogP contribution in [0.25, 0.3) is 10.6 Å². The number of carbonyl (C=O) groups excluding carboxylic acids is 1. The number of nitrogen functional groups attached to an aromatic ring is 1. The van der Waals surface area contributed by atoms with Crippen molar-refractivity contribution in [2.24, 2.45) is 7.05 Å².